The smallest absolute Gasteiger partial charge is 0.348 e. The Kier molecular flexibility index (Phi) is 8.47. The molecular formula is C15H24O2Si. The van der Waals surface area contributed by atoms with Crippen LogP contribution in [0.1, 0.15) is 32.3 Å². The highest BCUT2D eigenvalue weighted by Gasteiger charge is 2.07. The van der Waals surface area contributed by atoms with Crippen molar-refractivity contribution in [2.45, 2.75) is 33.1 Å². The molecule has 0 aliphatic rings. The zero-order chi connectivity index (χ0) is 13.1. The summed E-state index contributed by atoms with van der Waals surface area (Å²) in [5.74, 6) is 0. The van der Waals surface area contributed by atoms with Crippen LogP contribution in [0.3, 0.4) is 0 Å². The highest BCUT2D eigenvalue weighted by molar-refractivity contribution is 6.50. The predicted molar refractivity (Wildman–Crippen MR) is 78.9 cm³/mol. The maximum Gasteiger partial charge on any atom is 0.348 e. The Hall–Kier alpha value is -0.903. The molecule has 0 aliphatic carbocycles. The van der Waals surface area contributed by atoms with Crippen LogP contribution >= 0.6 is 0 Å². The maximum atomic E-state index is 5.76. The second-order valence-electron chi connectivity index (χ2n) is 4.23. The predicted octanol–water partition coefficient (Wildman–Crippen LogP) is 3.40. The molecule has 100 valence electrons. The Morgan fingerprint density at radius 2 is 1.61 bits per heavy atom. The summed E-state index contributed by atoms with van der Waals surface area (Å²) >= 11 is 0. The van der Waals surface area contributed by atoms with Gasteiger partial charge in [0.2, 0.25) is 0 Å². The molecule has 1 rings (SSSR count). The summed E-state index contributed by atoms with van der Waals surface area (Å²) in [6.07, 6.45) is 5.23. The van der Waals surface area contributed by atoms with E-state index in [2.05, 4.69) is 49.9 Å². The number of allylic oxidation sites excluding steroid dienone is 1. The zero-order valence-corrected chi connectivity index (χ0v) is 12.6. The Balaban J connectivity index is 2.38. The van der Waals surface area contributed by atoms with Crippen LogP contribution in [0, 0.1) is 0 Å². The summed E-state index contributed by atoms with van der Waals surface area (Å²) in [5, 5.41) is 0. The van der Waals surface area contributed by atoms with E-state index < -0.39 is 9.28 Å². The minimum absolute atomic E-state index is 0.802. The molecule has 1 aromatic rings. The fourth-order valence-corrected chi connectivity index (χ4v) is 3.17. The summed E-state index contributed by atoms with van der Waals surface area (Å²) in [6.45, 7) is 5.85. The van der Waals surface area contributed by atoms with Crippen LogP contribution in [0.25, 0.3) is 0 Å². The average molecular weight is 264 g/mol. The number of benzene rings is 1. The molecule has 0 radical (unpaired) electrons. The van der Waals surface area contributed by atoms with Crippen molar-refractivity contribution in [1.29, 1.82) is 0 Å². The summed E-state index contributed by atoms with van der Waals surface area (Å²) < 4.78 is 11.5. The van der Waals surface area contributed by atoms with Gasteiger partial charge in [-0.15, -0.1) is 0 Å². The highest BCUT2D eigenvalue weighted by Crippen LogP contribution is 2.02. The van der Waals surface area contributed by atoms with Crippen LogP contribution < -0.4 is 0 Å². The van der Waals surface area contributed by atoms with Crippen molar-refractivity contribution in [2.75, 3.05) is 13.2 Å². The first-order chi connectivity index (χ1) is 8.86. The third kappa shape index (κ3) is 6.74. The minimum atomic E-state index is -1.59. The van der Waals surface area contributed by atoms with Gasteiger partial charge in [-0.2, -0.15) is 0 Å². The minimum Gasteiger partial charge on any atom is -0.394 e. The van der Waals surface area contributed by atoms with Gasteiger partial charge in [0, 0.05) is 13.2 Å². The van der Waals surface area contributed by atoms with Crippen molar-refractivity contribution < 1.29 is 8.85 Å². The first-order valence-corrected chi connectivity index (χ1v) is 8.41. The molecule has 0 spiro atoms. The fourth-order valence-electron chi connectivity index (χ4n) is 1.56. The lowest BCUT2D eigenvalue weighted by atomic mass is 10.2. The van der Waals surface area contributed by atoms with Crippen LogP contribution in [-0.2, 0) is 15.3 Å². The van der Waals surface area contributed by atoms with Gasteiger partial charge in [0.05, 0.1) is 0 Å². The van der Waals surface area contributed by atoms with Crippen molar-refractivity contribution in [2.24, 2.45) is 0 Å². The van der Waals surface area contributed by atoms with Gasteiger partial charge in [0.15, 0.2) is 0 Å². The molecule has 0 amide bonds. The van der Waals surface area contributed by atoms with Gasteiger partial charge < -0.3 is 8.85 Å². The van der Waals surface area contributed by atoms with E-state index in [1.165, 1.54) is 5.56 Å². The van der Waals surface area contributed by atoms with Crippen molar-refractivity contribution >= 4 is 9.28 Å². The third-order valence-electron chi connectivity index (χ3n) is 2.46. The quantitative estimate of drug-likeness (QED) is 0.636. The summed E-state index contributed by atoms with van der Waals surface area (Å²) in [7, 11) is -1.59. The van der Waals surface area contributed by atoms with Crippen molar-refractivity contribution in [3.8, 4) is 0 Å². The number of hydrogen-bond donors (Lipinski definition) is 0. The van der Waals surface area contributed by atoms with Gasteiger partial charge >= 0.3 is 9.28 Å². The van der Waals surface area contributed by atoms with E-state index in [1.54, 1.807) is 0 Å². The van der Waals surface area contributed by atoms with Crippen LogP contribution in [0.15, 0.2) is 42.1 Å². The van der Waals surface area contributed by atoms with Crippen LogP contribution in [-0.4, -0.2) is 22.5 Å². The molecule has 0 aliphatic heterocycles. The molecule has 18 heavy (non-hydrogen) atoms. The highest BCUT2D eigenvalue weighted by atomic mass is 28.3. The van der Waals surface area contributed by atoms with Gasteiger partial charge in [-0.05, 0) is 30.5 Å². The van der Waals surface area contributed by atoms with Gasteiger partial charge in [-0.25, -0.2) is 0 Å². The SMILES string of the molecule is CCCO[SiH](C=CCc1ccccc1)OCCC. The van der Waals surface area contributed by atoms with Crippen LogP contribution in [0.4, 0.5) is 0 Å². The van der Waals surface area contributed by atoms with E-state index in [4.69, 9.17) is 8.85 Å². The molecule has 3 heteroatoms. The summed E-state index contributed by atoms with van der Waals surface area (Å²) in [6, 6.07) is 10.5. The molecular weight excluding hydrogens is 240 g/mol. The van der Waals surface area contributed by atoms with E-state index in [0.717, 1.165) is 32.5 Å². The molecule has 0 fully saturated rings. The molecule has 0 heterocycles. The molecule has 0 atom stereocenters. The van der Waals surface area contributed by atoms with E-state index in [1.807, 2.05) is 6.07 Å². The first kappa shape index (κ1) is 15.2. The summed E-state index contributed by atoms with van der Waals surface area (Å²) in [4.78, 5) is 0. The molecule has 1 aromatic carbocycles. The maximum absolute atomic E-state index is 5.76. The molecule has 2 nitrogen and oxygen atoms in total. The Morgan fingerprint density at radius 1 is 1.00 bits per heavy atom. The Morgan fingerprint density at radius 3 is 2.17 bits per heavy atom. The Bertz CT molecular complexity index is 317. The first-order valence-electron chi connectivity index (χ1n) is 6.80. The van der Waals surface area contributed by atoms with Crippen LogP contribution in [0.5, 0.6) is 0 Å². The fraction of sp³-hybridized carbons (Fsp3) is 0.467. The lowest BCUT2D eigenvalue weighted by Crippen LogP contribution is -2.21. The molecule has 0 aromatic heterocycles. The molecule has 0 bridgehead atoms. The Labute approximate surface area is 112 Å². The molecule has 0 saturated heterocycles. The van der Waals surface area contributed by atoms with E-state index in [9.17, 15) is 0 Å². The van der Waals surface area contributed by atoms with Crippen molar-refractivity contribution in [3.05, 3.63) is 47.7 Å². The molecule has 0 unspecified atom stereocenters. The van der Waals surface area contributed by atoms with E-state index >= 15 is 0 Å². The molecule has 0 N–H and O–H groups in total. The summed E-state index contributed by atoms with van der Waals surface area (Å²) in [5.41, 5.74) is 3.48. The van der Waals surface area contributed by atoms with Crippen molar-refractivity contribution in [1.82, 2.24) is 0 Å². The van der Waals surface area contributed by atoms with Gasteiger partial charge in [0.1, 0.15) is 0 Å². The number of rotatable bonds is 9. The number of hydrogen-bond acceptors (Lipinski definition) is 2. The average Bonchev–Trinajstić information content (AvgIpc) is 2.42. The van der Waals surface area contributed by atoms with Crippen LogP contribution in [0.2, 0.25) is 0 Å². The van der Waals surface area contributed by atoms with Gasteiger partial charge in [-0.1, -0.05) is 50.3 Å². The topological polar surface area (TPSA) is 18.5 Å². The second-order valence-corrected chi connectivity index (χ2v) is 6.02. The van der Waals surface area contributed by atoms with E-state index in [0.29, 0.717) is 0 Å². The second kappa shape index (κ2) is 10.1. The van der Waals surface area contributed by atoms with Gasteiger partial charge in [0.25, 0.3) is 0 Å². The monoisotopic (exact) mass is 264 g/mol. The van der Waals surface area contributed by atoms with Crippen molar-refractivity contribution in [3.63, 3.8) is 0 Å². The van der Waals surface area contributed by atoms with Gasteiger partial charge in [-0.3, -0.25) is 0 Å². The lowest BCUT2D eigenvalue weighted by molar-refractivity contribution is 0.206. The standard InChI is InChI=1S/C15H24O2Si/c1-3-12-16-18(17-13-4-2)14-8-11-15-9-6-5-7-10-15/h5-10,14,18H,3-4,11-13H2,1-2H3. The molecule has 0 saturated carbocycles. The van der Waals surface area contributed by atoms with E-state index in [-0.39, 0.29) is 0 Å². The largest absolute Gasteiger partial charge is 0.394 e. The zero-order valence-electron chi connectivity index (χ0n) is 11.5. The third-order valence-corrected chi connectivity index (χ3v) is 4.18. The normalized spacial score (nSPS) is 11.5. The lowest BCUT2D eigenvalue weighted by Gasteiger charge is -2.12.